The van der Waals surface area contributed by atoms with Crippen LogP contribution in [-0.4, -0.2) is 12.1 Å². The summed E-state index contributed by atoms with van der Waals surface area (Å²) >= 11 is 9.67. The van der Waals surface area contributed by atoms with E-state index in [9.17, 15) is 0 Å². The molecule has 0 bridgehead atoms. The third-order valence-electron chi connectivity index (χ3n) is 3.07. The Bertz CT molecular complexity index is 592. The molecule has 5 heteroatoms. The summed E-state index contributed by atoms with van der Waals surface area (Å²) in [5.41, 5.74) is 2.09. The van der Waals surface area contributed by atoms with E-state index in [0.29, 0.717) is 12.4 Å². The molecule has 1 N–H and O–H groups in total. The largest absolute Gasteiger partial charge is 0.481 e. The molecule has 1 heterocycles. The molecule has 0 aliphatic rings. The van der Waals surface area contributed by atoms with Gasteiger partial charge in [0.05, 0.1) is 7.11 Å². The van der Waals surface area contributed by atoms with E-state index in [1.165, 1.54) is 0 Å². The van der Waals surface area contributed by atoms with E-state index in [2.05, 4.69) is 33.2 Å². The van der Waals surface area contributed by atoms with Crippen molar-refractivity contribution in [3.05, 3.63) is 57.2 Å². The molecule has 2 rings (SSSR count). The van der Waals surface area contributed by atoms with E-state index in [1.54, 1.807) is 13.3 Å². The molecule has 2 aromatic rings. The van der Waals surface area contributed by atoms with Crippen LogP contribution in [0.3, 0.4) is 0 Å². The molecule has 1 aromatic heterocycles. The zero-order chi connectivity index (χ0) is 14.5. The first-order valence-electron chi connectivity index (χ1n) is 6.28. The summed E-state index contributed by atoms with van der Waals surface area (Å²) in [5, 5.41) is 4.18. The van der Waals surface area contributed by atoms with Crippen molar-refractivity contribution in [1.29, 1.82) is 0 Å². The topological polar surface area (TPSA) is 34.1 Å². The van der Waals surface area contributed by atoms with E-state index in [4.69, 9.17) is 16.3 Å². The molecule has 0 saturated heterocycles. The number of methoxy groups -OCH3 is 1. The lowest BCUT2D eigenvalue weighted by molar-refractivity contribution is 0.389. The number of ether oxygens (including phenoxy) is 1. The number of benzene rings is 1. The Kier molecular flexibility index (Phi) is 5.40. The predicted molar refractivity (Wildman–Crippen MR) is 85.2 cm³/mol. The van der Waals surface area contributed by atoms with Crippen LogP contribution in [0.5, 0.6) is 5.88 Å². The summed E-state index contributed by atoms with van der Waals surface area (Å²) in [5.74, 6) is 0.647. The molecule has 0 aliphatic carbocycles. The summed E-state index contributed by atoms with van der Waals surface area (Å²) in [6, 6.07) is 9.94. The van der Waals surface area contributed by atoms with E-state index < -0.39 is 0 Å². The number of hydrogen-bond donors (Lipinski definition) is 1. The van der Waals surface area contributed by atoms with Crippen LogP contribution in [0, 0.1) is 0 Å². The van der Waals surface area contributed by atoms with Gasteiger partial charge in [0.25, 0.3) is 0 Å². The van der Waals surface area contributed by atoms with Gasteiger partial charge in [-0.05, 0) is 30.7 Å². The van der Waals surface area contributed by atoms with Crippen LogP contribution < -0.4 is 10.1 Å². The minimum absolute atomic E-state index is 0.139. The molecule has 0 radical (unpaired) electrons. The fourth-order valence-corrected chi connectivity index (χ4v) is 2.81. The molecular weight excluding hydrogens is 340 g/mol. The SMILES string of the molecule is COc1ncccc1CNC(C)c1ccc(Br)cc1Cl. The monoisotopic (exact) mass is 354 g/mol. The van der Waals surface area contributed by atoms with E-state index in [1.807, 2.05) is 30.3 Å². The van der Waals surface area contributed by atoms with Crippen LogP contribution in [0.1, 0.15) is 24.1 Å². The Morgan fingerprint density at radius 3 is 2.90 bits per heavy atom. The van der Waals surface area contributed by atoms with Crippen molar-refractivity contribution in [2.24, 2.45) is 0 Å². The third kappa shape index (κ3) is 3.72. The fraction of sp³-hybridized carbons (Fsp3) is 0.267. The van der Waals surface area contributed by atoms with Crippen molar-refractivity contribution in [2.75, 3.05) is 7.11 Å². The van der Waals surface area contributed by atoms with Gasteiger partial charge in [0.2, 0.25) is 5.88 Å². The number of pyridine rings is 1. The van der Waals surface area contributed by atoms with Crippen molar-refractivity contribution < 1.29 is 4.74 Å². The average molecular weight is 356 g/mol. The molecule has 0 saturated carbocycles. The molecule has 20 heavy (non-hydrogen) atoms. The molecular formula is C15H16BrClN2O. The van der Waals surface area contributed by atoms with Gasteiger partial charge in [-0.3, -0.25) is 0 Å². The first-order valence-corrected chi connectivity index (χ1v) is 7.45. The quantitative estimate of drug-likeness (QED) is 0.865. The Morgan fingerprint density at radius 1 is 1.40 bits per heavy atom. The summed E-state index contributed by atoms with van der Waals surface area (Å²) in [6.07, 6.45) is 1.72. The van der Waals surface area contributed by atoms with Crippen molar-refractivity contribution in [1.82, 2.24) is 10.3 Å². The number of nitrogens with one attached hydrogen (secondary N) is 1. The van der Waals surface area contributed by atoms with Gasteiger partial charge in [-0.1, -0.05) is 39.7 Å². The van der Waals surface area contributed by atoms with E-state index >= 15 is 0 Å². The second-order valence-corrected chi connectivity index (χ2v) is 5.76. The van der Waals surface area contributed by atoms with Gasteiger partial charge in [0.1, 0.15) is 0 Å². The minimum Gasteiger partial charge on any atom is -0.481 e. The number of hydrogen-bond acceptors (Lipinski definition) is 3. The van der Waals surface area contributed by atoms with Gasteiger partial charge in [0.15, 0.2) is 0 Å². The lowest BCUT2D eigenvalue weighted by Crippen LogP contribution is -2.19. The van der Waals surface area contributed by atoms with Crippen LogP contribution in [0.15, 0.2) is 41.0 Å². The number of halogens is 2. The van der Waals surface area contributed by atoms with Crippen molar-refractivity contribution in [3.8, 4) is 5.88 Å². The van der Waals surface area contributed by atoms with Gasteiger partial charge in [0, 0.05) is 33.8 Å². The fourth-order valence-electron chi connectivity index (χ4n) is 1.97. The highest BCUT2D eigenvalue weighted by atomic mass is 79.9. The summed E-state index contributed by atoms with van der Waals surface area (Å²) in [7, 11) is 1.63. The molecule has 0 amide bonds. The highest BCUT2D eigenvalue weighted by molar-refractivity contribution is 9.10. The summed E-state index contributed by atoms with van der Waals surface area (Å²) < 4.78 is 6.22. The Morgan fingerprint density at radius 2 is 2.20 bits per heavy atom. The number of aromatic nitrogens is 1. The van der Waals surface area contributed by atoms with Crippen molar-refractivity contribution in [3.63, 3.8) is 0 Å². The molecule has 1 aromatic carbocycles. The molecule has 1 unspecified atom stereocenters. The zero-order valence-electron chi connectivity index (χ0n) is 11.4. The Hall–Kier alpha value is -1.10. The van der Waals surface area contributed by atoms with Crippen molar-refractivity contribution >= 4 is 27.5 Å². The summed E-state index contributed by atoms with van der Waals surface area (Å²) in [4.78, 5) is 4.18. The normalized spacial score (nSPS) is 12.2. The third-order valence-corrected chi connectivity index (χ3v) is 3.89. The van der Waals surface area contributed by atoms with E-state index in [0.717, 1.165) is 20.6 Å². The standard InChI is InChI=1S/C15H16BrClN2O/c1-10(13-6-5-12(16)8-14(13)17)19-9-11-4-3-7-18-15(11)20-2/h3-8,10,19H,9H2,1-2H3. The Balaban J connectivity index is 2.06. The van der Waals surface area contributed by atoms with E-state index in [-0.39, 0.29) is 6.04 Å². The maximum Gasteiger partial charge on any atom is 0.217 e. The first kappa shape index (κ1) is 15.3. The van der Waals surface area contributed by atoms with Gasteiger partial charge < -0.3 is 10.1 Å². The lowest BCUT2D eigenvalue weighted by Gasteiger charge is -2.16. The highest BCUT2D eigenvalue weighted by Gasteiger charge is 2.11. The van der Waals surface area contributed by atoms with Crippen LogP contribution in [-0.2, 0) is 6.54 Å². The van der Waals surface area contributed by atoms with Gasteiger partial charge in [-0.25, -0.2) is 4.98 Å². The second-order valence-electron chi connectivity index (χ2n) is 4.44. The zero-order valence-corrected chi connectivity index (χ0v) is 13.7. The summed E-state index contributed by atoms with van der Waals surface area (Å²) in [6.45, 7) is 2.75. The average Bonchev–Trinajstić information content (AvgIpc) is 2.45. The molecule has 0 fully saturated rings. The molecule has 3 nitrogen and oxygen atoms in total. The highest BCUT2D eigenvalue weighted by Crippen LogP contribution is 2.26. The van der Waals surface area contributed by atoms with Crippen LogP contribution >= 0.6 is 27.5 Å². The smallest absolute Gasteiger partial charge is 0.217 e. The predicted octanol–water partition coefficient (Wildman–Crippen LogP) is 4.36. The minimum atomic E-state index is 0.139. The number of rotatable bonds is 5. The maximum absolute atomic E-state index is 6.26. The molecule has 0 aliphatic heterocycles. The Labute approximate surface area is 132 Å². The second kappa shape index (κ2) is 7.07. The van der Waals surface area contributed by atoms with Gasteiger partial charge in [-0.2, -0.15) is 0 Å². The van der Waals surface area contributed by atoms with Crippen LogP contribution in [0.2, 0.25) is 5.02 Å². The van der Waals surface area contributed by atoms with Crippen LogP contribution in [0.4, 0.5) is 0 Å². The first-order chi connectivity index (χ1) is 9.61. The van der Waals surface area contributed by atoms with Crippen LogP contribution in [0.25, 0.3) is 0 Å². The molecule has 106 valence electrons. The maximum atomic E-state index is 6.26. The molecule has 0 spiro atoms. The number of nitrogens with zero attached hydrogens (tertiary/aromatic N) is 1. The molecule has 1 atom stereocenters. The van der Waals surface area contributed by atoms with Gasteiger partial charge >= 0.3 is 0 Å². The van der Waals surface area contributed by atoms with Crippen molar-refractivity contribution in [2.45, 2.75) is 19.5 Å². The lowest BCUT2D eigenvalue weighted by atomic mass is 10.1. The van der Waals surface area contributed by atoms with Gasteiger partial charge in [-0.15, -0.1) is 0 Å².